The van der Waals surface area contributed by atoms with Crippen molar-refractivity contribution in [2.24, 2.45) is 0 Å². The van der Waals surface area contributed by atoms with Crippen molar-refractivity contribution in [3.8, 4) is 6.07 Å². The number of fused-ring (bicyclic) bond motifs is 1. The summed E-state index contributed by atoms with van der Waals surface area (Å²) >= 11 is 0. The number of amides is 1. The first-order chi connectivity index (χ1) is 12.6. The predicted octanol–water partition coefficient (Wildman–Crippen LogP) is 2.75. The fraction of sp³-hybridized carbons (Fsp3) is 0.182. The third kappa shape index (κ3) is 4.08. The zero-order chi connectivity index (χ0) is 18.5. The van der Waals surface area contributed by atoms with Gasteiger partial charge in [0.15, 0.2) is 6.04 Å². The van der Waals surface area contributed by atoms with Gasteiger partial charge in [-0.15, -0.1) is 0 Å². The van der Waals surface area contributed by atoms with E-state index in [-0.39, 0.29) is 11.9 Å². The standard InChI is InChI=1S/C22H21N3O/c1-16(22(26)24-21-9-5-6-17(13-21)14-23)25(2)15-18-10-11-19-7-3-4-8-20(19)12-18/h3-13,16H,15H2,1-2H3,(H,24,26)/p+1/t16-/m0/s1. The van der Waals surface area contributed by atoms with Gasteiger partial charge in [-0.2, -0.15) is 5.26 Å². The smallest absolute Gasteiger partial charge is 0.282 e. The number of benzene rings is 3. The maximum Gasteiger partial charge on any atom is 0.282 e. The lowest BCUT2D eigenvalue weighted by atomic mass is 10.1. The van der Waals surface area contributed by atoms with Crippen LogP contribution in [-0.2, 0) is 11.3 Å². The summed E-state index contributed by atoms with van der Waals surface area (Å²) in [5, 5.41) is 14.3. The van der Waals surface area contributed by atoms with Gasteiger partial charge in [-0.1, -0.05) is 42.5 Å². The zero-order valence-corrected chi connectivity index (χ0v) is 15.0. The number of carbonyl (C=O) groups is 1. The van der Waals surface area contributed by atoms with E-state index in [0.717, 1.165) is 11.4 Å². The van der Waals surface area contributed by atoms with Crippen LogP contribution in [-0.4, -0.2) is 19.0 Å². The van der Waals surface area contributed by atoms with Crippen molar-refractivity contribution in [3.05, 3.63) is 77.9 Å². The largest absolute Gasteiger partial charge is 0.324 e. The molecule has 0 fully saturated rings. The van der Waals surface area contributed by atoms with Crippen LogP contribution >= 0.6 is 0 Å². The number of quaternary nitrogens is 1. The molecule has 3 aromatic carbocycles. The van der Waals surface area contributed by atoms with Crippen molar-refractivity contribution in [2.75, 3.05) is 12.4 Å². The lowest BCUT2D eigenvalue weighted by Gasteiger charge is -2.21. The molecule has 0 aliphatic carbocycles. The molecule has 3 aromatic rings. The molecule has 1 unspecified atom stereocenters. The summed E-state index contributed by atoms with van der Waals surface area (Å²) in [5.41, 5.74) is 2.39. The molecule has 0 spiro atoms. The van der Waals surface area contributed by atoms with Crippen LogP contribution in [0.4, 0.5) is 5.69 Å². The van der Waals surface area contributed by atoms with Crippen LogP contribution in [0, 0.1) is 11.3 Å². The number of anilines is 1. The van der Waals surface area contributed by atoms with Crippen LogP contribution in [0.5, 0.6) is 0 Å². The molecule has 0 saturated heterocycles. The van der Waals surface area contributed by atoms with Crippen molar-refractivity contribution >= 4 is 22.4 Å². The molecule has 4 heteroatoms. The quantitative estimate of drug-likeness (QED) is 0.748. The Balaban J connectivity index is 1.66. The van der Waals surface area contributed by atoms with E-state index in [1.54, 1.807) is 24.3 Å². The Bertz CT molecular complexity index is 974. The lowest BCUT2D eigenvalue weighted by Crippen LogP contribution is -3.12. The Labute approximate surface area is 153 Å². The summed E-state index contributed by atoms with van der Waals surface area (Å²) in [7, 11) is 2.02. The summed E-state index contributed by atoms with van der Waals surface area (Å²) in [4.78, 5) is 13.6. The molecule has 3 rings (SSSR count). The highest BCUT2D eigenvalue weighted by Gasteiger charge is 2.22. The highest BCUT2D eigenvalue weighted by molar-refractivity contribution is 5.93. The molecular weight excluding hydrogens is 322 g/mol. The number of nitrogens with zero attached hydrogens (tertiary/aromatic N) is 1. The minimum Gasteiger partial charge on any atom is -0.324 e. The van der Waals surface area contributed by atoms with E-state index >= 15 is 0 Å². The predicted molar refractivity (Wildman–Crippen MR) is 104 cm³/mol. The van der Waals surface area contributed by atoms with Crippen molar-refractivity contribution in [1.29, 1.82) is 5.26 Å². The average molecular weight is 344 g/mol. The number of carbonyl (C=O) groups excluding carboxylic acids is 1. The second-order valence-corrected chi connectivity index (χ2v) is 6.61. The Morgan fingerprint density at radius 2 is 1.85 bits per heavy atom. The van der Waals surface area contributed by atoms with Crippen LogP contribution in [0.25, 0.3) is 10.8 Å². The van der Waals surface area contributed by atoms with Gasteiger partial charge < -0.3 is 10.2 Å². The fourth-order valence-corrected chi connectivity index (χ4v) is 2.96. The maximum atomic E-state index is 12.5. The van der Waals surface area contributed by atoms with Crippen LogP contribution in [0.3, 0.4) is 0 Å². The molecule has 130 valence electrons. The second-order valence-electron chi connectivity index (χ2n) is 6.61. The Morgan fingerprint density at radius 3 is 2.62 bits per heavy atom. The van der Waals surface area contributed by atoms with Crippen molar-refractivity contribution in [2.45, 2.75) is 19.5 Å². The van der Waals surface area contributed by atoms with Crippen LogP contribution in [0.15, 0.2) is 66.7 Å². The monoisotopic (exact) mass is 344 g/mol. The van der Waals surface area contributed by atoms with E-state index in [9.17, 15) is 4.79 Å². The molecule has 0 heterocycles. The maximum absolute atomic E-state index is 12.5. The summed E-state index contributed by atoms with van der Waals surface area (Å²) in [6.07, 6.45) is 0. The first-order valence-electron chi connectivity index (χ1n) is 8.68. The minimum absolute atomic E-state index is 0.0571. The summed E-state index contributed by atoms with van der Waals surface area (Å²) in [6, 6.07) is 23.5. The molecular formula is C22H22N3O+. The number of hydrogen-bond acceptors (Lipinski definition) is 2. The van der Waals surface area contributed by atoms with Gasteiger partial charge in [0.05, 0.1) is 18.7 Å². The second kappa shape index (κ2) is 7.81. The van der Waals surface area contributed by atoms with Gasteiger partial charge in [0, 0.05) is 11.3 Å². The van der Waals surface area contributed by atoms with Crippen LogP contribution in [0.1, 0.15) is 18.1 Å². The molecule has 2 N–H and O–H groups in total. The van der Waals surface area contributed by atoms with Crippen molar-refractivity contribution in [1.82, 2.24) is 0 Å². The van der Waals surface area contributed by atoms with Gasteiger partial charge in [0.1, 0.15) is 6.54 Å². The molecule has 0 aliphatic heterocycles. The molecule has 0 saturated carbocycles. The number of likely N-dealkylation sites (N-methyl/N-ethyl adjacent to an activating group) is 1. The SMILES string of the molecule is C[C@@H](C(=O)Nc1cccc(C#N)c1)[NH+](C)Cc1ccc2ccccc2c1. The Morgan fingerprint density at radius 1 is 1.08 bits per heavy atom. The lowest BCUT2D eigenvalue weighted by molar-refractivity contribution is -0.907. The number of nitrogens with one attached hydrogen (secondary N) is 2. The molecule has 2 atom stereocenters. The van der Waals surface area contributed by atoms with Gasteiger partial charge in [0.25, 0.3) is 5.91 Å². The van der Waals surface area contributed by atoms with E-state index in [0.29, 0.717) is 11.3 Å². The molecule has 0 aromatic heterocycles. The zero-order valence-electron chi connectivity index (χ0n) is 15.0. The molecule has 0 radical (unpaired) electrons. The molecule has 26 heavy (non-hydrogen) atoms. The van der Waals surface area contributed by atoms with Crippen molar-refractivity contribution in [3.63, 3.8) is 0 Å². The number of nitriles is 1. The molecule has 1 amide bonds. The van der Waals surface area contributed by atoms with E-state index in [1.165, 1.54) is 16.3 Å². The van der Waals surface area contributed by atoms with Gasteiger partial charge in [0.2, 0.25) is 0 Å². The van der Waals surface area contributed by atoms with E-state index in [4.69, 9.17) is 5.26 Å². The first-order valence-corrected chi connectivity index (χ1v) is 8.68. The highest BCUT2D eigenvalue weighted by Crippen LogP contribution is 2.15. The summed E-state index contributed by atoms with van der Waals surface area (Å²) in [5.74, 6) is -0.0571. The third-order valence-corrected chi connectivity index (χ3v) is 4.69. The van der Waals surface area contributed by atoms with Crippen molar-refractivity contribution < 1.29 is 9.69 Å². The van der Waals surface area contributed by atoms with Gasteiger partial charge in [-0.3, -0.25) is 4.79 Å². The van der Waals surface area contributed by atoms with Gasteiger partial charge in [-0.05, 0) is 42.0 Å². The van der Waals surface area contributed by atoms with Gasteiger partial charge in [-0.25, -0.2) is 0 Å². The summed E-state index contributed by atoms with van der Waals surface area (Å²) < 4.78 is 0. The Hall–Kier alpha value is -3.16. The first kappa shape index (κ1) is 17.7. The fourth-order valence-electron chi connectivity index (χ4n) is 2.96. The minimum atomic E-state index is -0.216. The molecule has 0 aliphatic rings. The summed E-state index contributed by atoms with van der Waals surface area (Å²) in [6.45, 7) is 2.68. The van der Waals surface area contributed by atoms with Gasteiger partial charge >= 0.3 is 0 Å². The third-order valence-electron chi connectivity index (χ3n) is 4.69. The van der Waals surface area contributed by atoms with E-state index < -0.39 is 0 Å². The van der Waals surface area contributed by atoms with Crippen LogP contribution in [0.2, 0.25) is 0 Å². The topological polar surface area (TPSA) is 57.3 Å². The average Bonchev–Trinajstić information content (AvgIpc) is 2.67. The van der Waals surface area contributed by atoms with E-state index in [2.05, 4.69) is 41.7 Å². The number of hydrogen-bond donors (Lipinski definition) is 2. The number of rotatable bonds is 5. The van der Waals surface area contributed by atoms with Crippen LogP contribution < -0.4 is 10.2 Å². The normalized spacial score (nSPS) is 13.0. The molecule has 4 nitrogen and oxygen atoms in total. The molecule has 0 bridgehead atoms. The highest BCUT2D eigenvalue weighted by atomic mass is 16.2. The van der Waals surface area contributed by atoms with E-state index in [1.807, 2.05) is 26.1 Å². The Kier molecular flexibility index (Phi) is 5.31.